The van der Waals surface area contributed by atoms with Crippen LogP contribution in [-0.4, -0.2) is 85.7 Å². The molecule has 10 nitrogen and oxygen atoms in total. The molecule has 4 aromatic carbocycles. The number of carbonyl (C=O) groups is 1. The van der Waals surface area contributed by atoms with Crippen LogP contribution in [0, 0.1) is 0 Å². The maximum atomic E-state index is 14.0. The summed E-state index contributed by atoms with van der Waals surface area (Å²) in [5.41, 5.74) is -6.26. The highest BCUT2D eigenvalue weighted by Crippen LogP contribution is 2.38. The summed E-state index contributed by atoms with van der Waals surface area (Å²) < 4.78 is 104. The molecule has 0 bridgehead atoms. The van der Waals surface area contributed by atoms with E-state index in [2.05, 4.69) is 50.4 Å². The number of primary sulfonamides is 1. The van der Waals surface area contributed by atoms with Gasteiger partial charge in [0.15, 0.2) is 0 Å². The Balaban J connectivity index is 1.39. The van der Waals surface area contributed by atoms with Crippen molar-refractivity contribution in [2.24, 2.45) is 5.14 Å². The molecule has 1 aliphatic rings. The van der Waals surface area contributed by atoms with E-state index in [0.29, 0.717) is 6.07 Å². The van der Waals surface area contributed by atoms with Crippen molar-refractivity contribution in [2.75, 3.05) is 37.4 Å². The standard InChI is InChI=1S/C38H44F3N3O7S3Si/c1-37(2,3)55(32-15-9-5-10-16-32,33-17-11-6-12-18-33)51-26-29-25-44(21-22-50-29)36(45)23-28(27-52-30-13-7-4-8-14-30)43-34-20-19-31(54(42,48)49)24-35(34)53(46,47)38(39,40)41/h4-20,24,28-29,43H,21-23,25-27H2,1-3H3,(H2,42,48,49)/t28-,29?/m1/s1. The normalized spacial score (nSPS) is 16.4. The summed E-state index contributed by atoms with van der Waals surface area (Å²) >= 11 is 1.31. The number of nitrogens with one attached hydrogen (secondary N) is 1. The van der Waals surface area contributed by atoms with Crippen LogP contribution in [0.3, 0.4) is 0 Å². The van der Waals surface area contributed by atoms with Crippen LogP contribution in [0.4, 0.5) is 18.9 Å². The number of ether oxygens (including phenoxy) is 1. The number of sulfone groups is 1. The van der Waals surface area contributed by atoms with Gasteiger partial charge in [0.1, 0.15) is 4.90 Å². The molecule has 1 fully saturated rings. The van der Waals surface area contributed by atoms with Gasteiger partial charge in [0.05, 0.1) is 29.9 Å². The number of benzene rings is 4. The Kier molecular flexibility index (Phi) is 13.3. The zero-order valence-corrected chi connectivity index (χ0v) is 34.0. The molecule has 1 aliphatic heterocycles. The molecule has 1 heterocycles. The van der Waals surface area contributed by atoms with Crippen molar-refractivity contribution in [1.29, 1.82) is 0 Å². The van der Waals surface area contributed by atoms with Gasteiger partial charge in [0.25, 0.3) is 18.2 Å². The van der Waals surface area contributed by atoms with Crippen molar-refractivity contribution in [1.82, 2.24) is 4.90 Å². The molecule has 55 heavy (non-hydrogen) atoms. The van der Waals surface area contributed by atoms with Crippen molar-refractivity contribution in [3.05, 3.63) is 109 Å². The highest BCUT2D eigenvalue weighted by Gasteiger charge is 2.51. The van der Waals surface area contributed by atoms with Gasteiger partial charge in [-0.2, -0.15) is 13.2 Å². The molecule has 3 N–H and O–H groups in total. The molecule has 5 rings (SSSR count). The van der Waals surface area contributed by atoms with Crippen LogP contribution in [0.25, 0.3) is 0 Å². The number of alkyl halides is 3. The third-order valence-corrected chi connectivity index (χ3v) is 17.9. The Morgan fingerprint density at radius 3 is 2.02 bits per heavy atom. The van der Waals surface area contributed by atoms with Crippen LogP contribution in [-0.2, 0) is 33.8 Å². The lowest BCUT2D eigenvalue weighted by atomic mass is 10.1. The van der Waals surface area contributed by atoms with E-state index < -0.39 is 61.3 Å². The SMILES string of the molecule is CC(C)(C)[Si](OCC1CN(C(=O)C[C@H](CSc2ccccc2)Nc2ccc(S(N)(=O)=O)cc2S(=O)(=O)C(F)(F)F)CCO1)(c1ccccc1)c1ccccc1. The first-order valence-corrected chi connectivity index (χ1v) is 23.3. The number of nitrogens with zero attached hydrogens (tertiary/aromatic N) is 1. The first kappa shape index (κ1) is 42.4. The lowest BCUT2D eigenvalue weighted by molar-refractivity contribution is -0.140. The monoisotopic (exact) mass is 835 g/mol. The fourth-order valence-corrected chi connectivity index (χ4v) is 13.7. The van der Waals surface area contributed by atoms with Crippen LogP contribution in [0.5, 0.6) is 0 Å². The topological polar surface area (TPSA) is 145 Å². The molecule has 4 aromatic rings. The van der Waals surface area contributed by atoms with Crippen molar-refractivity contribution in [3.63, 3.8) is 0 Å². The predicted octanol–water partition coefficient (Wildman–Crippen LogP) is 5.39. The number of thioether (sulfide) groups is 1. The summed E-state index contributed by atoms with van der Waals surface area (Å²) in [5, 5.41) is 9.84. The van der Waals surface area contributed by atoms with Gasteiger partial charge in [-0.15, -0.1) is 11.8 Å². The summed E-state index contributed by atoms with van der Waals surface area (Å²) in [4.78, 5) is 14.3. The molecule has 0 radical (unpaired) electrons. The second-order valence-corrected chi connectivity index (χ2v) is 23.0. The lowest BCUT2D eigenvalue weighted by Crippen LogP contribution is -2.67. The highest BCUT2D eigenvalue weighted by molar-refractivity contribution is 7.99. The zero-order chi connectivity index (χ0) is 40.1. The number of amides is 1. The van der Waals surface area contributed by atoms with Crippen LogP contribution >= 0.6 is 11.8 Å². The first-order chi connectivity index (χ1) is 25.8. The van der Waals surface area contributed by atoms with Crippen LogP contribution < -0.4 is 20.8 Å². The van der Waals surface area contributed by atoms with E-state index in [1.807, 2.05) is 54.6 Å². The summed E-state index contributed by atoms with van der Waals surface area (Å²) in [6.45, 7) is 7.33. The van der Waals surface area contributed by atoms with E-state index in [1.165, 1.54) is 11.8 Å². The number of nitrogens with two attached hydrogens (primary N) is 1. The molecule has 1 saturated heterocycles. The van der Waals surface area contributed by atoms with E-state index in [4.69, 9.17) is 14.3 Å². The number of hydrogen-bond acceptors (Lipinski definition) is 9. The van der Waals surface area contributed by atoms with Gasteiger partial charge in [0.2, 0.25) is 15.9 Å². The van der Waals surface area contributed by atoms with Gasteiger partial charge in [-0.25, -0.2) is 22.0 Å². The van der Waals surface area contributed by atoms with Gasteiger partial charge in [-0.05, 0) is 45.7 Å². The van der Waals surface area contributed by atoms with E-state index >= 15 is 0 Å². The van der Waals surface area contributed by atoms with Crippen molar-refractivity contribution < 1.29 is 44.0 Å². The van der Waals surface area contributed by atoms with Gasteiger partial charge in [-0.1, -0.05) is 99.6 Å². The van der Waals surface area contributed by atoms with Crippen molar-refractivity contribution >= 4 is 61.9 Å². The minimum absolute atomic E-state index is 0.142. The molecular formula is C38H44F3N3O7S3Si. The van der Waals surface area contributed by atoms with Crippen molar-refractivity contribution in [2.45, 2.75) is 64.6 Å². The molecule has 0 saturated carbocycles. The quantitative estimate of drug-likeness (QED) is 0.126. The molecule has 0 aromatic heterocycles. The number of carbonyl (C=O) groups excluding carboxylic acids is 1. The minimum atomic E-state index is -6.04. The fourth-order valence-electron chi connectivity index (χ4n) is 6.60. The Morgan fingerprint density at radius 1 is 0.927 bits per heavy atom. The van der Waals surface area contributed by atoms with Crippen LogP contribution in [0.2, 0.25) is 5.04 Å². The molecule has 17 heteroatoms. The average Bonchev–Trinajstić information content (AvgIpc) is 3.14. The number of anilines is 1. The summed E-state index contributed by atoms with van der Waals surface area (Å²) in [5.74, 6) is -0.200. The lowest BCUT2D eigenvalue weighted by Gasteiger charge is -2.44. The third kappa shape index (κ3) is 10.00. The fraction of sp³-hybridized carbons (Fsp3) is 0.342. The van der Waals surface area contributed by atoms with Crippen LogP contribution in [0.1, 0.15) is 27.2 Å². The number of halogens is 3. The van der Waals surface area contributed by atoms with E-state index in [9.17, 15) is 34.8 Å². The second-order valence-electron chi connectivity index (χ2n) is 14.1. The molecule has 1 amide bonds. The maximum absolute atomic E-state index is 14.0. The molecule has 0 spiro atoms. The van der Waals surface area contributed by atoms with E-state index in [1.54, 1.807) is 17.0 Å². The number of sulfonamides is 1. The smallest absolute Gasteiger partial charge is 0.405 e. The maximum Gasteiger partial charge on any atom is 0.501 e. The summed E-state index contributed by atoms with van der Waals surface area (Å²) in [6.07, 6.45) is -0.719. The summed E-state index contributed by atoms with van der Waals surface area (Å²) in [7, 11) is -13.5. The molecule has 0 aliphatic carbocycles. The summed E-state index contributed by atoms with van der Waals surface area (Å²) in [6, 6.07) is 30.6. The largest absolute Gasteiger partial charge is 0.501 e. The highest BCUT2D eigenvalue weighted by atomic mass is 32.2. The average molecular weight is 836 g/mol. The van der Waals surface area contributed by atoms with Crippen LogP contribution in [0.15, 0.2) is 124 Å². The Hall–Kier alpha value is -3.71. The second kappa shape index (κ2) is 17.2. The van der Waals surface area contributed by atoms with Crippen molar-refractivity contribution in [3.8, 4) is 0 Å². The van der Waals surface area contributed by atoms with E-state index in [-0.39, 0.29) is 49.4 Å². The zero-order valence-electron chi connectivity index (χ0n) is 30.5. The minimum Gasteiger partial charge on any atom is -0.405 e. The Morgan fingerprint density at radius 2 is 1.49 bits per heavy atom. The van der Waals surface area contributed by atoms with Gasteiger partial charge < -0.3 is 19.4 Å². The third-order valence-electron chi connectivity index (χ3n) is 9.24. The first-order valence-electron chi connectivity index (χ1n) is 17.4. The molecule has 2 atom stereocenters. The van der Waals surface area contributed by atoms with Gasteiger partial charge in [0, 0.05) is 36.2 Å². The number of hydrogen-bond donors (Lipinski definition) is 2. The predicted molar refractivity (Wildman–Crippen MR) is 210 cm³/mol. The molecule has 296 valence electrons. The Bertz CT molecular complexity index is 2100. The van der Waals surface area contributed by atoms with Gasteiger partial charge in [-0.3, -0.25) is 4.79 Å². The van der Waals surface area contributed by atoms with E-state index in [0.717, 1.165) is 27.4 Å². The van der Waals surface area contributed by atoms with Gasteiger partial charge >= 0.3 is 5.51 Å². The number of rotatable bonds is 14. The molecular weight excluding hydrogens is 792 g/mol. The molecule has 1 unspecified atom stereocenters. The Labute approximate surface area is 325 Å². The number of morpholine rings is 1.